The molecule has 0 spiro atoms. The number of nitrogens with zero attached hydrogens (tertiary/aromatic N) is 2. The van der Waals surface area contributed by atoms with Crippen LogP contribution in [0, 0.1) is 0 Å². The molecule has 12 heteroatoms. The molecule has 2 bridgehead atoms. The molecular weight excluding hydrogens is 560 g/mol. The summed E-state index contributed by atoms with van der Waals surface area (Å²) >= 11 is 0. The van der Waals surface area contributed by atoms with Crippen LogP contribution in [0.25, 0.3) is 0 Å². The summed E-state index contributed by atoms with van der Waals surface area (Å²) in [5.74, 6) is -3.41. The lowest BCUT2D eigenvalue weighted by Gasteiger charge is -2.59. The molecule has 1 unspecified atom stereocenters. The number of carbonyl (C=O) groups excluding carboxylic acids is 6. The Bertz CT molecular complexity index is 1560. The van der Waals surface area contributed by atoms with Gasteiger partial charge in [0.05, 0.1) is 32.3 Å². The molecule has 2 aliphatic carbocycles. The van der Waals surface area contributed by atoms with Crippen LogP contribution in [-0.4, -0.2) is 110 Å². The number of allylic oxidation sites excluding steroid dienone is 5. The Morgan fingerprint density at radius 3 is 2.00 bits per heavy atom. The summed E-state index contributed by atoms with van der Waals surface area (Å²) in [6, 6.07) is -3.95. The van der Waals surface area contributed by atoms with Crippen LogP contribution >= 0.6 is 0 Å². The van der Waals surface area contributed by atoms with Gasteiger partial charge < -0.3 is 23.8 Å². The Morgan fingerprint density at radius 1 is 0.860 bits per heavy atom. The predicted molar refractivity (Wildman–Crippen MR) is 149 cm³/mol. The fourth-order valence-corrected chi connectivity index (χ4v) is 7.07. The van der Waals surface area contributed by atoms with Crippen molar-refractivity contribution in [2.24, 2.45) is 0 Å². The average Bonchev–Trinajstić information content (AvgIpc) is 2.99. The molecule has 1 fully saturated rings. The Balaban J connectivity index is 1.73. The maximum Gasteiger partial charge on any atom is 0.333 e. The van der Waals surface area contributed by atoms with Crippen LogP contribution in [0.5, 0.6) is 0 Å². The molecule has 3 heterocycles. The number of hydrogen-bond acceptors (Lipinski definition) is 11. The van der Waals surface area contributed by atoms with E-state index in [0.29, 0.717) is 5.57 Å². The number of rotatable bonds is 6. The van der Waals surface area contributed by atoms with Crippen molar-refractivity contribution in [2.75, 3.05) is 35.0 Å². The minimum Gasteiger partial charge on any atom is -0.492 e. The highest BCUT2D eigenvalue weighted by atomic mass is 16.5. The fraction of sp³-hybridized carbons (Fsp3) is 0.484. The molecule has 3 aliphatic heterocycles. The van der Waals surface area contributed by atoms with Crippen molar-refractivity contribution < 1.29 is 47.7 Å². The second kappa shape index (κ2) is 10.8. The number of piperazine rings is 1. The van der Waals surface area contributed by atoms with E-state index in [1.54, 1.807) is 31.9 Å². The van der Waals surface area contributed by atoms with Crippen LogP contribution in [0.1, 0.15) is 34.1 Å². The Labute approximate surface area is 248 Å². The minimum atomic E-state index is -1.17. The number of ketones is 4. The molecule has 12 nitrogen and oxygen atoms in total. The molecule has 0 N–H and O–H groups in total. The van der Waals surface area contributed by atoms with Gasteiger partial charge in [-0.1, -0.05) is 6.08 Å². The van der Waals surface area contributed by atoms with E-state index in [0.717, 1.165) is 0 Å². The van der Waals surface area contributed by atoms with Crippen molar-refractivity contribution in [3.63, 3.8) is 0 Å². The van der Waals surface area contributed by atoms with E-state index in [-0.39, 0.29) is 51.4 Å². The number of methoxy groups -OCH3 is 3. The van der Waals surface area contributed by atoms with Crippen LogP contribution in [0.2, 0.25) is 0 Å². The van der Waals surface area contributed by atoms with Crippen molar-refractivity contribution in [2.45, 2.75) is 64.4 Å². The standard InChI is InChI=1S/C31H34N2O10/c1-9-12(2)31(39)43-11-17-18-15(23(34)13(3)27(40-6)25(18)36)10-16-21-19-20(24(35)14(4)28(41-7)26(19)37)29(42-8)22(32(21)5)30(38)33(16)17/h9,16-17,21-22,29H,10-11H2,1-8H3/b12-9-/t16-,17-,21?,22-,29-/m0/s1. The predicted octanol–water partition coefficient (Wildman–Crippen LogP) is 0.914. The number of likely N-dealkylation sites (N-methyl/N-ethyl adjacent to an activating group) is 1. The van der Waals surface area contributed by atoms with Crippen LogP contribution < -0.4 is 0 Å². The van der Waals surface area contributed by atoms with Crippen molar-refractivity contribution in [1.82, 2.24) is 9.80 Å². The van der Waals surface area contributed by atoms with E-state index >= 15 is 0 Å². The van der Waals surface area contributed by atoms with E-state index in [1.807, 2.05) is 0 Å². The normalized spacial score (nSPS) is 29.7. The summed E-state index contributed by atoms with van der Waals surface area (Å²) in [4.78, 5) is 85.4. The van der Waals surface area contributed by atoms with Gasteiger partial charge in [-0.2, -0.15) is 0 Å². The molecule has 43 heavy (non-hydrogen) atoms. The Morgan fingerprint density at radius 2 is 1.44 bits per heavy atom. The lowest BCUT2D eigenvalue weighted by Crippen LogP contribution is -2.76. The average molecular weight is 595 g/mol. The van der Waals surface area contributed by atoms with Gasteiger partial charge in [-0.25, -0.2) is 4.79 Å². The van der Waals surface area contributed by atoms with Gasteiger partial charge in [0.15, 0.2) is 23.1 Å². The molecule has 1 saturated heterocycles. The molecule has 0 aromatic heterocycles. The summed E-state index contributed by atoms with van der Waals surface area (Å²) in [6.45, 7) is 5.78. The number of carbonyl (C=O) groups is 6. The van der Waals surface area contributed by atoms with Gasteiger partial charge in [-0.15, -0.1) is 0 Å². The summed E-state index contributed by atoms with van der Waals surface area (Å²) < 4.78 is 22.0. The monoisotopic (exact) mass is 594 g/mol. The summed E-state index contributed by atoms with van der Waals surface area (Å²) in [7, 11) is 5.59. The zero-order chi connectivity index (χ0) is 31.7. The van der Waals surface area contributed by atoms with Crippen LogP contribution in [-0.2, 0) is 47.7 Å². The number of esters is 1. The number of hydrogen-bond donors (Lipinski definition) is 0. The van der Waals surface area contributed by atoms with Crippen molar-refractivity contribution in [3.8, 4) is 0 Å². The van der Waals surface area contributed by atoms with Gasteiger partial charge >= 0.3 is 5.97 Å². The molecule has 0 saturated carbocycles. The van der Waals surface area contributed by atoms with Gasteiger partial charge in [0.2, 0.25) is 17.5 Å². The molecule has 5 aliphatic rings. The second-order valence-electron chi connectivity index (χ2n) is 11.2. The maximum atomic E-state index is 14.5. The minimum absolute atomic E-state index is 0.00754. The molecule has 1 amide bonds. The lowest BCUT2D eigenvalue weighted by atomic mass is 9.68. The van der Waals surface area contributed by atoms with Crippen molar-refractivity contribution >= 4 is 35.0 Å². The zero-order valence-electron chi connectivity index (χ0n) is 25.4. The Kier molecular flexibility index (Phi) is 7.64. The number of amides is 1. The first-order valence-corrected chi connectivity index (χ1v) is 13.9. The third kappa shape index (κ3) is 4.10. The van der Waals surface area contributed by atoms with Gasteiger partial charge in [0.25, 0.3) is 0 Å². The third-order valence-electron chi connectivity index (χ3n) is 9.24. The molecule has 0 aromatic rings. The van der Waals surface area contributed by atoms with Crippen LogP contribution in [0.3, 0.4) is 0 Å². The van der Waals surface area contributed by atoms with Gasteiger partial charge in [-0.3, -0.25) is 28.9 Å². The number of Topliss-reactive ketones (excluding diaryl/α,β-unsaturated/α-hetero) is 4. The first-order chi connectivity index (χ1) is 20.4. The number of ether oxygens (including phenoxy) is 4. The molecule has 5 rings (SSSR count). The molecule has 0 radical (unpaired) electrons. The van der Waals surface area contributed by atoms with Crippen molar-refractivity contribution in [3.05, 3.63) is 56.6 Å². The highest BCUT2D eigenvalue weighted by molar-refractivity contribution is 6.27. The fourth-order valence-electron chi connectivity index (χ4n) is 7.07. The smallest absolute Gasteiger partial charge is 0.333 e. The highest BCUT2D eigenvalue weighted by Crippen LogP contribution is 2.48. The number of fused-ring (bicyclic) bond motifs is 5. The summed E-state index contributed by atoms with van der Waals surface area (Å²) in [6.07, 6.45) is 0.373. The zero-order valence-corrected chi connectivity index (χ0v) is 25.4. The highest BCUT2D eigenvalue weighted by Gasteiger charge is 2.62. The third-order valence-corrected chi connectivity index (χ3v) is 9.24. The largest absolute Gasteiger partial charge is 0.492 e. The first-order valence-electron chi connectivity index (χ1n) is 13.9. The van der Waals surface area contributed by atoms with E-state index < -0.39 is 71.9 Å². The van der Waals surface area contributed by atoms with Gasteiger partial charge in [0.1, 0.15) is 18.8 Å². The van der Waals surface area contributed by atoms with Gasteiger partial charge in [0, 0.05) is 46.1 Å². The van der Waals surface area contributed by atoms with E-state index in [1.165, 1.54) is 40.1 Å². The molecule has 0 aromatic carbocycles. The first kappa shape index (κ1) is 30.3. The molecule has 228 valence electrons. The topological polar surface area (TPSA) is 146 Å². The van der Waals surface area contributed by atoms with E-state index in [9.17, 15) is 28.8 Å². The second-order valence-corrected chi connectivity index (χ2v) is 11.2. The maximum absolute atomic E-state index is 14.5. The van der Waals surface area contributed by atoms with Crippen LogP contribution in [0.4, 0.5) is 0 Å². The SMILES string of the molecule is C/C=C(/C)C(=O)OC[C@H]1C2=C(C[C@H]3C4C5=C(C(=O)C(C)=C(OC)C5=O)[C@H](OC)[C@@H](C(=O)N13)N4C)C(=O)C(C)=C(OC)C2=O. The summed E-state index contributed by atoms with van der Waals surface area (Å²) in [5.41, 5.74) is 0.897. The quantitative estimate of drug-likeness (QED) is 0.246. The molecule has 5 atom stereocenters. The van der Waals surface area contributed by atoms with Crippen LogP contribution in [0.15, 0.2) is 56.6 Å². The van der Waals surface area contributed by atoms with Crippen molar-refractivity contribution in [1.29, 1.82) is 0 Å². The Hall–Kier alpha value is -4.16. The lowest BCUT2D eigenvalue weighted by molar-refractivity contribution is -0.165. The van der Waals surface area contributed by atoms with Gasteiger partial charge in [-0.05, 0) is 41.2 Å². The summed E-state index contributed by atoms with van der Waals surface area (Å²) in [5, 5.41) is 0. The molecular formula is C31H34N2O10. The van der Waals surface area contributed by atoms with E-state index in [2.05, 4.69) is 0 Å². The van der Waals surface area contributed by atoms with E-state index in [4.69, 9.17) is 18.9 Å².